The molecule has 7 heteroatoms. The Hall–Kier alpha value is -2.22. The number of carbonyl (C=O) groups is 1. The van der Waals surface area contributed by atoms with Crippen molar-refractivity contribution in [1.29, 1.82) is 0 Å². The van der Waals surface area contributed by atoms with Gasteiger partial charge in [-0.1, -0.05) is 12.1 Å². The first-order valence-corrected chi connectivity index (χ1v) is 8.89. The zero-order valence-corrected chi connectivity index (χ0v) is 14.4. The molecule has 4 rings (SSSR count). The molecule has 2 aliphatic rings. The maximum Gasteiger partial charge on any atom is 0.251 e. The van der Waals surface area contributed by atoms with Crippen molar-refractivity contribution in [2.75, 3.05) is 13.2 Å². The van der Waals surface area contributed by atoms with Crippen LogP contribution >= 0.6 is 0 Å². The van der Waals surface area contributed by atoms with E-state index in [-0.39, 0.29) is 25.2 Å². The highest BCUT2D eigenvalue weighted by Crippen LogP contribution is 2.30. The molecule has 0 bridgehead atoms. The molecule has 1 saturated heterocycles. The van der Waals surface area contributed by atoms with Crippen LogP contribution in [0.2, 0.25) is 0 Å². The van der Waals surface area contributed by atoms with E-state index in [0.717, 1.165) is 13.0 Å². The molecule has 26 heavy (non-hydrogen) atoms. The first-order chi connectivity index (χ1) is 12.5. The van der Waals surface area contributed by atoms with Gasteiger partial charge in [0.25, 0.3) is 5.91 Å². The molecule has 1 saturated carbocycles. The van der Waals surface area contributed by atoms with Crippen LogP contribution in [0.4, 0.5) is 0 Å². The number of aromatic nitrogens is 2. The van der Waals surface area contributed by atoms with E-state index in [1.165, 1.54) is 0 Å². The molecule has 0 radical (unpaired) electrons. The Balaban J connectivity index is 1.39. The van der Waals surface area contributed by atoms with E-state index in [0.29, 0.717) is 23.5 Å². The maximum atomic E-state index is 12.6. The Morgan fingerprint density at radius 2 is 2.23 bits per heavy atom. The third-order valence-electron chi connectivity index (χ3n) is 5.32. The number of hydrogen-bond acceptors (Lipinski definition) is 5. The van der Waals surface area contributed by atoms with Gasteiger partial charge in [-0.25, -0.2) is 4.98 Å². The number of rotatable bonds is 5. The number of nitrogens with zero attached hydrogens (tertiary/aromatic N) is 2. The first kappa shape index (κ1) is 17.2. The Labute approximate surface area is 151 Å². The number of ether oxygens (including phenoxy) is 1. The van der Waals surface area contributed by atoms with Gasteiger partial charge in [0.05, 0.1) is 31.7 Å². The lowest BCUT2D eigenvalue weighted by atomic mass is 9.91. The van der Waals surface area contributed by atoms with Crippen molar-refractivity contribution >= 4 is 5.91 Å². The topological polar surface area (TPSA) is 96.6 Å². The van der Waals surface area contributed by atoms with Gasteiger partial charge in [0.1, 0.15) is 5.60 Å². The highest BCUT2D eigenvalue weighted by Gasteiger charge is 2.38. The van der Waals surface area contributed by atoms with Gasteiger partial charge in [0.2, 0.25) is 0 Å². The van der Waals surface area contributed by atoms with E-state index in [1.54, 1.807) is 36.8 Å². The third-order valence-corrected chi connectivity index (χ3v) is 5.32. The van der Waals surface area contributed by atoms with E-state index >= 15 is 0 Å². The van der Waals surface area contributed by atoms with Gasteiger partial charge in [0.15, 0.2) is 0 Å². The first-order valence-electron chi connectivity index (χ1n) is 8.89. The molecule has 1 amide bonds. The second-order valence-corrected chi connectivity index (χ2v) is 7.35. The van der Waals surface area contributed by atoms with Gasteiger partial charge < -0.3 is 24.8 Å². The quantitative estimate of drug-likeness (QED) is 0.731. The minimum atomic E-state index is -1.00. The second-order valence-electron chi connectivity index (χ2n) is 7.35. The van der Waals surface area contributed by atoms with E-state index in [2.05, 4.69) is 10.3 Å². The lowest BCUT2D eigenvalue weighted by Gasteiger charge is -2.36. The molecule has 1 aromatic carbocycles. The molecule has 7 nitrogen and oxygen atoms in total. The molecule has 3 atom stereocenters. The van der Waals surface area contributed by atoms with Crippen molar-refractivity contribution in [3.05, 3.63) is 54.1 Å². The number of aliphatic hydroxyl groups is 2. The second kappa shape index (κ2) is 6.83. The van der Waals surface area contributed by atoms with E-state index in [9.17, 15) is 15.0 Å². The zero-order chi connectivity index (χ0) is 18.1. The SMILES string of the molecule is O=C(N[C@@H]1CC(Cn2ccnc2)C[C@H]1O)c1cccc(C2(O)COC2)c1. The fraction of sp³-hybridized carbons (Fsp3) is 0.474. The van der Waals surface area contributed by atoms with Crippen LogP contribution in [0.15, 0.2) is 43.0 Å². The summed E-state index contributed by atoms with van der Waals surface area (Å²) < 4.78 is 7.07. The van der Waals surface area contributed by atoms with Crippen LogP contribution in [-0.2, 0) is 16.9 Å². The molecular weight excluding hydrogens is 334 g/mol. The fourth-order valence-corrected chi connectivity index (χ4v) is 3.78. The van der Waals surface area contributed by atoms with Crippen LogP contribution in [0.3, 0.4) is 0 Å². The minimum Gasteiger partial charge on any atom is -0.391 e. The average molecular weight is 357 g/mol. The highest BCUT2D eigenvalue weighted by atomic mass is 16.5. The summed E-state index contributed by atoms with van der Waals surface area (Å²) in [5, 5.41) is 23.6. The summed E-state index contributed by atoms with van der Waals surface area (Å²) in [6.45, 7) is 1.27. The van der Waals surface area contributed by atoms with Gasteiger partial charge in [-0.05, 0) is 36.5 Å². The van der Waals surface area contributed by atoms with Crippen molar-refractivity contribution in [1.82, 2.24) is 14.9 Å². The Kier molecular flexibility index (Phi) is 4.52. The van der Waals surface area contributed by atoms with Crippen molar-refractivity contribution in [3.63, 3.8) is 0 Å². The molecular formula is C19H23N3O4. The Morgan fingerprint density at radius 3 is 2.92 bits per heavy atom. The summed E-state index contributed by atoms with van der Waals surface area (Å²) in [4.78, 5) is 16.6. The number of nitrogens with one attached hydrogen (secondary N) is 1. The lowest BCUT2D eigenvalue weighted by molar-refractivity contribution is -0.184. The van der Waals surface area contributed by atoms with Crippen LogP contribution in [-0.4, -0.2) is 51.0 Å². The van der Waals surface area contributed by atoms with Crippen molar-refractivity contribution in [2.24, 2.45) is 5.92 Å². The molecule has 3 N–H and O–H groups in total. The monoisotopic (exact) mass is 357 g/mol. The lowest BCUT2D eigenvalue weighted by Crippen LogP contribution is -2.46. The summed E-state index contributed by atoms with van der Waals surface area (Å²) in [6, 6.07) is 6.70. The van der Waals surface area contributed by atoms with E-state index < -0.39 is 11.7 Å². The van der Waals surface area contributed by atoms with E-state index in [1.807, 2.05) is 10.8 Å². The number of amides is 1. The Bertz CT molecular complexity index is 773. The normalized spacial score (nSPS) is 27.1. The van der Waals surface area contributed by atoms with E-state index in [4.69, 9.17) is 4.74 Å². The standard InChI is InChI=1S/C19H23N3O4/c23-17-7-13(9-22-5-4-20-12-22)6-16(17)21-18(24)14-2-1-3-15(8-14)19(25)10-26-11-19/h1-5,8,12-13,16-17,23,25H,6-7,9-11H2,(H,21,24)/t13?,16-,17-/m1/s1. The summed E-state index contributed by atoms with van der Waals surface area (Å²) >= 11 is 0. The van der Waals surface area contributed by atoms with Crippen molar-refractivity contribution < 1.29 is 19.7 Å². The van der Waals surface area contributed by atoms with Crippen LogP contribution in [0.5, 0.6) is 0 Å². The van der Waals surface area contributed by atoms with Gasteiger partial charge in [-0.2, -0.15) is 0 Å². The molecule has 1 unspecified atom stereocenters. The fourth-order valence-electron chi connectivity index (χ4n) is 3.78. The molecule has 1 aromatic heterocycles. The molecule has 1 aliphatic heterocycles. The van der Waals surface area contributed by atoms with Crippen LogP contribution in [0.1, 0.15) is 28.8 Å². The van der Waals surface area contributed by atoms with Crippen molar-refractivity contribution in [2.45, 2.75) is 37.1 Å². The molecule has 2 heterocycles. The van der Waals surface area contributed by atoms with Crippen LogP contribution in [0, 0.1) is 5.92 Å². The van der Waals surface area contributed by atoms with Gasteiger partial charge in [0, 0.05) is 24.5 Å². The summed E-state index contributed by atoms with van der Waals surface area (Å²) in [5.41, 5.74) is 0.161. The minimum absolute atomic E-state index is 0.233. The summed E-state index contributed by atoms with van der Waals surface area (Å²) in [5.74, 6) is 0.0618. The van der Waals surface area contributed by atoms with Crippen molar-refractivity contribution in [3.8, 4) is 0 Å². The summed E-state index contributed by atoms with van der Waals surface area (Å²) in [6.07, 6.45) is 6.22. The predicted octanol–water partition coefficient (Wildman–Crippen LogP) is 0.670. The third kappa shape index (κ3) is 3.38. The van der Waals surface area contributed by atoms with Crippen LogP contribution < -0.4 is 5.32 Å². The Morgan fingerprint density at radius 1 is 1.38 bits per heavy atom. The molecule has 0 spiro atoms. The zero-order valence-electron chi connectivity index (χ0n) is 14.4. The number of aliphatic hydroxyl groups excluding tert-OH is 1. The van der Waals surface area contributed by atoms with Gasteiger partial charge in [-0.15, -0.1) is 0 Å². The number of hydrogen-bond donors (Lipinski definition) is 3. The highest BCUT2D eigenvalue weighted by molar-refractivity contribution is 5.94. The van der Waals surface area contributed by atoms with Gasteiger partial charge in [-0.3, -0.25) is 4.79 Å². The maximum absolute atomic E-state index is 12.6. The predicted molar refractivity (Wildman–Crippen MR) is 93.4 cm³/mol. The smallest absolute Gasteiger partial charge is 0.251 e. The van der Waals surface area contributed by atoms with Crippen LogP contribution in [0.25, 0.3) is 0 Å². The number of benzene rings is 1. The molecule has 2 fully saturated rings. The molecule has 138 valence electrons. The molecule has 1 aliphatic carbocycles. The average Bonchev–Trinajstić information content (AvgIpc) is 3.23. The summed E-state index contributed by atoms with van der Waals surface area (Å²) in [7, 11) is 0. The largest absolute Gasteiger partial charge is 0.391 e. The molecule has 2 aromatic rings. The number of imidazole rings is 1. The number of carbonyl (C=O) groups excluding carboxylic acids is 1. The van der Waals surface area contributed by atoms with Gasteiger partial charge >= 0.3 is 0 Å².